The highest BCUT2D eigenvalue weighted by atomic mass is 35.5. The topological polar surface area (TPSA) is 44.8 Å². The van der Waals surface area contributed by atoms with Gasteiger partial charge in [-0.2, -0.15) is 0 Å². The van der Waals surface area contributed by atoms with E-state index < -0.39 is 0 Å². The summed E-state index contributed by atoms with van der Waals surface area (Å²) in [4.78, 5) is 13.0. The Bertz CT molecular complexity index is 779. The highest BCUT2D eigenvalue weighted by molar-refractivity contribution is 7.66. The van der Waals surface area contributed by atoms with Crippen molar-refractivity contribution in [3.63, 3.8) is 0 Å². The van der Waals surface area contributed by atoms with E-state index in [1.165, 1.54) is 7.11 Å². The molecule has 2 rings (SSSR count). The summed E-state index contributed by atoms with van der Waals surface area (Å²) in [5.74, 6) is 1.94. The van der Waals surface area contributed by atoms with E-state index in [4.69, 9.17) is 25.8 Å². The summed E-state index contributed by atoms with van der Waals surface area (Å²) in [5, 5.41) is 1.23. The smallest absolute Gasteiger partial charge is 0.190 e. The first-order valence-electron chi connectivity index (χ1n) is 9.64. The summed E-state index contributed by atoms with van der Waals surface area (Å²) in [7, 11) is 1.41. The molecule has 6 heteroatoms. The van der Waals surface area contributed by atoms with Crippen LogP contribution in [0.3, 0.4) is 0 Å². The van der Waals surface area contributed by atoms with Crippen molar-refractivity contribution in [2.45, 2.75) is 39.5 Å². The van der Waals surface area contributed by atoms with Gasteiger partial charge in [0.1, 0.15) is 17.2 Å². The van der Waals surface area contributed by atoms with Gasteiger partial charge in [-0.3, -0.25) is 4.79 Å². The lowest BCUT2D eigenvalue weighted by molar-refractivity contribution is 0.108. The number of ether oxygens (including phenoxy) is 3. The van der Waals surface area contributed by atoms with E-state index in [9.17, 15) is 4.79 Å². The molecule has 2 aromatic rings. The molecule has 0 fully saturated rings. The number of unbranched alkanes of at least 4 members (excludes halogenated alkanes) is 2. The van der Waals surface area contributed by atoms with Crippen molar-refractivity contribution < 1.29 is 19.0 Å². The van der Waals surface area contributed by atoms with Gasteiger partial charge in [0.25, 0.3) is 0 Å². The zero-order valence-corrected chi connectivity index (χ0v) is 18.5. The molecule has 1 atom stereocenters. The maximum atomic E-state index is 13.0. The number of methoxy groups -OCH3 is 1. The van der Waals surface area contributed by atoms with Crippen LogP contribution in [0.25, 0.3) is 0 Å². The van der Waals surface area contributed by atoms with Gasteiger partial charge in [0.15, 0.2) is 5.52 Å². The van der Waals surface area contributed by atoms with Crippen molar-refractivity contribution in [3.05, 3.63) is 47.0 Å². The fourth-order valence-electron chi connectivity index (χ4n) is 2.56. The third-order valence-electron chi connectivity index (χ3n) is 4.15. The van der Waals surface area contributed by atoms with Crippen LogP contribution in [-0.2, 0) is 0 Å². The zero-order chi connectivity index (χ0) is 20.4. The van der Waals surface area contributed by atoms with Gasteiger partial charge >= 0.3 is 0 Å². The molecule has 0 saturated heterocycles. The number of rotatable bonds is 12. The average molecular weight is 423 g/mol. The molecule has 0 amide bonds. The molecule has 4 nitrogen and oxygen atoms in total. The van der Waals surface area contributed by atoms with E-state index in [2.05, 4.69) is 13.8 Å². The van der Waals surface area contributed by atoms with Crippen molar-refractivity contribution in [1.29, 1.82) is 0 Å². The predicted molar refractivity (Wildman–Crippen MR) is 118 cm³/mol. The lowest BCUT2D eigenvalue weighted by Gasteiger charge is -2.15. The Morgan fingerprint density at radius 1 is 1.00 bits per heavy atom. The molecule has 0 aromatic heterocycles. The Morgan fingerprint density at radius 2 is 1.71 bits per heavy atom. The first kappa shape index (κ1) is 22.5. The summed E-state index contributed by atoms with van der Waals surface area (Å²) >= 11 is 6.26. The Hall–Kier alpha value is -1.77. The zero-order valence-electron chi connectivity index (χ0n) is 16.7. The normalized spacial score (nSPS) is 11.0. The molecule has 0 heterocycles. The lowest BCUT2D eigenvalue weighted by Crippen LogP contribution is -2.10. The third kappa shape index (κ3) is 6.39. The van der Waals surface area contributed by atoms with Gasteiger partial charge in [0, 0.05) is 11.4 Å². The van der Waals surface area contributed by atoms with E-state index in [1.54, 1.807) is 18.2 Å². The number of hydrogen-bond donors (Lipinski definition) is 0. The maximum Gasteiger partial charge on any atom is 0.190 e. The van der Waals surface area contributed by atoms with E-state index in [0.29, 0.717) is 35.3 Å². The minimum Gasteiger partial charge on any atom is -0.496 e. The number of halogens is 1. The van der Waals surface area contributed by atoms with Crippen LogP contribution in [0.2, 0.25) is 5.02 Å². The maximum absolute atomic E-state index is 13.0. The fourth-order valence-corrected chi connectivity index (χ4v) is 3.95. The summed E-state index contributed by atoms with van der Waals surface area (Å²) in [6, 6.07) is 10.9. The van der Waals surface area contributed by atoms with Crippen molar-refractivity contribution in [2.24, 2.45) is 0 Å². The van der Waals surface area contributed by atoms with E-state index >= 15 is 0 Å². The number of hydrogen-bond acceptors (Lipinski definition) is 4. The van der Waals surface area contributed by atoms with Crippen LogP contribution < -0.4 is 19.5 Å². The van der Waals surface area contributed by atoms with Crippen LogP contribution in [0.1, 0.15) is 49.9 Å². The Balaban J connectivity index is 2.24. The number of carbonyl (C=O) groups is 1. The summed E-state index contributed by atoms with van der Waals surface area (Å²) in [5.41, 5.74) is 0.329. The lowest BCUT2D eigenvalue weighted by atomic mass is 10.2. The van der Waals surface area contributed by atoms with Gasteiger partial charge in [0.05, 0.1) is 30.9 Å². The van der Waals surface area contributed by atoms with Crippen LogP contribution in [0.5, 0.6) is 17.2 Å². The van der Waals surface area contributed by atoms with Gasteiger partial charge in [-0.05, 0) is 45.7 Å². The molecule has 0 radical (unpaired) electrons. The molecule has 0 N–H and O–H groups in total. The van der Waals surface area contributed by atoms with Gasteiger partial charge < -0.3 is 14.2 Å². The Morgan fingerprint density at radius 3 is 2.39 bits per heavy atom. The van der Waals surface area contributed by atoms with Gasteiger partial charge in [-0.25, -0.2) is 0 Å². The van der Waals surface area contributed by atoms with Crippen LogP contribution in [0, 0.1) is 0 Å². The molecule has 0 aliphatic rings. The van der Waals surface area contributed by atoms with Crippen molar-refractivity contribution in [2.75, 3.05) is 20.3 Å². The van der Waals surface area contributed by atoms with Crippen LogP contribution in [0.4, 0.5) is 0 Å². The second-order valence-corrected chi connectivity index (χ2v) is 7.98. The van der Waals surface area contributed by atoms with E-state index in [1.807, 2.05) is 18.2 Å². The number of benzene rings is 2. The average Bonchev–Trinajstić information content (AvgIpc) is 2.69. The first-order chi connectivity index (χ1) is 13.6. The van der Waals surface area contributed by atoms with Gasteiger partial charge in [-0.1, -0.05) is 44.4 Å². The molecule has 0 aliphatic carbocycles. The number of carbonyl (C=O) groups excluding carboxylic acids is 1. The van der Waals surface area contributed by atoms with Crippen molar-refractivity contribution in [3.8, 4) is 17.2 Å². The molecule has 152 valence electrons. The van der Waals surface area contributed by atoms with E-state index in [-0.39, 0.29) is 14.1 Å². The quantitative estimate of drug-likeness (QED) is 0.318. The molecular formula is C22H28ClO4P. The molecular weight excluding hydrogens is 395 g/mol. The monoisotopic (exact) mass is 422 g/mol. The Labute approximate surface area is 174 Å². The molecule has 0 bridgehead atoms. The highest BCUT2D eigenvalue weighted by Crippen LogP contribution is 2.34. The largest absolute Gasteiger partial charge is 0.496 e. The van der Waals surface area contributed by atoms with Crippen molar-refractivity contribution in [1.82, 2.24) is 0 Å². The second-order valence-electron chi connectivity index (χ2n) is 6.33. The first-order valence-corrected chi connectivity index (χ1v) is 11.0. The molecule has 28 heavy (non-hydrogen) atoms. The Kier molecular flexibility index (Phi) is 9.60. The minimum atomic E-state index is -0.123. The molecule has 0 saturated carbocycles. The summed E-state index contributed by atoms with van der Waals surface area (Å²) in [6.45, 7) is 5.52. The fraction of sp³-hybridized carbons (Fsp3) is 0.409. The molecule has 1 unspecified atom stereocenters. The minimum absolute atomic E-state index is 0.0811. The van der Waals surface area contributed by atoms with E-state index in [0.717, 1.165) is 36.7 Å². The predicted octanol–water partition coefficient (Wildman–Crippen LogP) is 5.85. The summed E-state index contributed by atoms with van der Waals surface area (Å²) < 4.78 is 17.1. The summed E-state index contributed by atoms with van der Waals surface area (Å²) in [6.07, 6.45) is 4.07. The van der Waals surface area contributed by atoms with Crippen LogP contribution in [-0.4, -0.2) is 25.8 Å². The van der Waals surface area contributed by atoms with Gasteiger partial charge in [-0.15, -0.1) is 0 Å². The molecule has 0 aliphatic heterocycles. The molecule has 0 spiro atoms. The third-order valence-corrected chi connectivity index (χ3v) is 5.62. The van der Waals surface area contributed by atoms with Crippen molar-refractivity contribution >= 4 is 31.0 Å². The highest BCUT2D eigenvalue weighted by Gasteiger charge is 2.19. The second kappa shape index (κ2) is 11.9. The molecule has 2 aromatic carbocycles. The van der Waals surface area contributed by atoms with Crippen LogP contribution >= 0.6 is 20.2 Å². The standard InChI is InChI=1S/C22H28ClO4P/c1-4-6-13-26-16-11-12-20(19(15-16)27-14-7-5-2)28-22(24)21-17(23)9-8-10-18(21)25-3/h8-12,15,28H,4-7,13-14H2,1-3H3. The van der Waals surface area contributed by atoms with Crippen LogP contribution in [0.15, 0.2) is 36.4 Å². The SMILES string of the molecule is CCCCOc1ccc(PC(=O)c2c(Cl)cccc2OC)c(OCCCC)c1. The van der Waals surface area contributed by atoms with Gasteiger partial charge in [0.2, 0.25) is 0 Å².